The number of aromatic nitrogens is 1. The standard InChI is InChI=1S/C28H32N4O2/c1-18-27-23(14-28(2,3)15-25(27)33)31-22-10-6-7-11-24(22)32(18)17-26(34)29-13-12-19-16-30-21-9-5-4-8-20(19)21/h4-11,16,18,30-31H,12-15,17H2,1-3H3,(H,29,34)/t18-/m1/s1. The Morgan fingerprint density at radius 1 is 1.12 bits per heavy atom. The second kappa shape index (κ2) is 8.67. The van der Waals surface area contributed by atoms with Gasteiger partial charge in [0.05, 0.1) is 24.0 Å². The van der Waals surface area contributed by atoms with E-state index in [1.54, 1.807) is 0 Å². The van der Waals surface area contributed by atoms with Crippen LogP contribution >= 0.6 is 0 Å². The fourth-order valence-corrected chi connectivity index (χ4v) is 5.40. The molecule has 6 heteroatoms. The number of fused-ring (bicyclic) bond motifs is 2. The molecule has 0 unspecified atom stereocenters. The third-order valence-electron chi connectivity index (χ3n) is 7.01. The van der Waals surface area contributed by atoms with Gasteiger partial charge in [-0.1, -0.05) is 44.2 Å². The van der Waals surface area contributed by atoms with Gasteiger partial charge in [-0.15, -0.1) is 0 Å². The number of nitrogens with zero attached hydrogens (tertiary/aromatic N) is 1. The van der Waals surface area contributed by atoms with E-state index in [4.69, 9.17) is 0 Å². The highest BCUT2D eigenvalue weighted by atomic mass is 16.2. The minimum atomic E-state index is -0.186. The van der Waals surface area contributed by atoms with Crippen LogP contribution in [0.4, 0.5) is 11.4 Å². The number of amides is 1. The Bertz CT molecular complexity index is 1290. The average molecular weight is 457 g/mol. The Morgan fingerprint density at radius 3 is 2.74 bits per heavy atom. The zero-order valence-corrected chi connectivity index (χ0v) is 20.1. The first-order valence-electron chi connectivity index (χ1n) is 12.0. The Hall–Kier alpha value is -3.54. The SMILES string of the molecule is C[C@@H]1C2=C(CC(C)(C)CC2=O)Nc2ccccc2N1CC(=O)NCCc1c[nH]c2ccccc12. The number of benzene rings is 2. The van der Waals surface area contributed by atoms with Crippen LogP contribution in [0.3, 0.4) is 0 Å². The molecule has 2 aliphatic rings. The molecule has 6 nitrogen and oxygen atoms in total. The molecule has 34 heavy (non-hydrogen) atoms. The first-order chi connectivity index (χ1) is 16.3. The molecule has 0 fully saturated rings. The summed E-state index contributed by atoms with van der Waals surface area (Å²) < 4.78 is 0. The maximum absolute atomic E-state index is 13.2. The topological polar surface area (TPSA) is 77.2 Å². The molecule has 2 aromatic carbocycles. The van der Waals surface area contributed by atoms with Crippen molar-refractivity contribution < 1.29 is 9.59 Å². The van der Waals surface area contributed by atoms with Crippen molar-refractivity contribution in [2.75, 3.05) is 23.3 Å². The Morgan fingerprint density at radius 2 is 1.88 bits per heavy atom. The number of H-pyrrole nitrogens is 1. The Kier molecular flexibility index (Phi) is 5.68. The molecule has 0 spiro atoms. The van der Waals surface area contributed by atoms with Crippen molar-refractivity contribution in [2.24, 2.45) is 5.41 Å². The fraction of sp³-hybridized carbons (Fsp3) is 0.357. The monoisotopic (exact) mass is 456 g/mol. The number of allylic oxidation sites excluding steroid dienone is 1. The molecule has 2 heterocycles. The molecule has 0 saturated heterocycles. The molecule has 3 aromatic rings. The number of nitrogens with one attached hydrogen (secondary N) is 3. The number of rotatable bonds is 5. The zero-order chi connectivity index (χ0) is 23.9. The van der Waals surface area contributed by atoms with Crippen LogP contribution in [0.2, 0.25) is 0 Å². The fourth-order valence-electron chi connectivity index (χ4n) is 5.40. The Balaban J connectivity index is 1.33. The predicted molar refractivity (Wildman–Crippen MR) is 137 cm³/mol. The van der Waals surface area contributed by atoms with Crippen molar-refractivity contribution in [3.63, 3.8) is 0 Å². The molecule has 1 aliphatic carbocycles. The van der Waals surface area contributed by atoms with E-state index >= 15 is 0 Å². The van der Waals surface area contributed by atoms with Crippen molar-refractivity contribution in [2.45, 2.75) is 46.1 Å². The molecule has 1 atom stereocenters. The van der Waals surface area contributed by atoms with Gasteiger partial charge in [0, 0.05) is 41.3 Å². The lowest BCUT2D eigenvalue weighted by Crippen LogP contribution is -2.45. The van der Waals surface area contributed by atoms with Crippen LogP contribution in [0.1, 0.15) is 39.2 Å². The second-order valence-corrected chi connectivity index (χ2v) is 10.2. The van der Waals surface area contributed by atoms with Crippen LogP contribution < -0.4 is 15.5 Å². The summed E-state index contributed by atoms with van der Waals surface area (Å²) in [5.41, 5.74) is 5.91. The van der Waals surface area contributed by atoms with Crippen LogP contribution in [-0.2, 0) is 16.0 Å². The van der Waals surface area contributed by atoms with E-state index in [2.05, 4.69) is 46.5 Å². The molecule has 1 aromatic heterocycles. The highest BCUT2D eigenvalue weighted by molar-refractivity contribution is 6.01. The first kappa shape index (κ1) is 22.3. The quantitative estimate of drug-likeness (QED) is 0.516. The van der Waals surface area contributed by atoms with Crippen LogP contribution in [0, 0.1) is 5.41 Å². The van der Waals surface area contributed by atoms with Gasteiger partial charge < -0.3 is 20.5 Å². The van der Waals surface area contributed by atoms with Crippen molar-refractivity contribution in [3.05, 3.63) is 71.6 Å². The number of para-hydroxylation sites is 3. The molecule has 1 aliphatic heterocycles. The van der Waals surface area contributed by atoms with E-state index in [0.29, 0.717) is 13.0 Å². The second-order valence-electron chi connectivity index (χ2n) is 10.2. The van der Waals surface area contributed by atoms with Gasteiger partial charge in [-0.2, -0.15) is 0 Å². The van der Waals surface area contributed by atoms with Gasteiger partial charge in [0.15, 0.2) is 5.78 Å². The van der Waals surface area contributed by atoms with Gasteiger partial charge in [0.1, 0.15) is 0 Å². The smallest absolute Gasteiger partial charge is 0.239 e. The van der Waals surface area contributed by atoms with Gasteiger partial charge in [0.2, 0.25) is 5.91 Å². The third kappa shape index (κ3) is 4.20. The van der Waals surface area contributed by atoms with Crippen molar-refractivity contribution in [1.29, 1.82) is 0 Å². The summed E-state index contributed by atoms with van der Waals surface area (Å²) in [6, 6.07) is 16.0. The molecule has 176 valence electrons. The van der Waals surface area contributed by atoms with E-state index in [-0.39, 0.29) is 29.7 Å². The van der Waals surface area contributed by atoms with E-state index < -0.39 is 0 Å². The summed E-state index contributed by atoms with van der Waals surface area (Å²) in [6.07, 6.45) is 4.11. The van der Waals surface area contributed by atoms with Gasteiger partial charge in [0.25, 0.3) is 0 Å². The number of anilines is 2. The molecule has 0 saturated carbocycles. The molecular weight excluding hydrogens is 424 g/mol. The lowest BCUT2D eigenvalue weighted by Gasteiger charge is -2.36. The molecule has 3 N–H and O–H groups in total. The number of aromatic amines is 1. The van der Waals surface area contributed by atoms with Crippen molar-refractivity contribution in [3.8, 4) is 0 Å². The molecule has 5 rings (SSSR count). The number of hydrogen-bond donors (Lipinski definition) is 3. The summed E-state index contributed by atoms with van der Waals surface area (Å²) in [5.74, 6) is 0.123. The molecule has 0 bridgehead atoms. The van der Waals surface area contributed by atoms with Crippen LogP contribution in [-0.4, -0.2) is 35.8 Å². The summed E-state index contributed by atoms with van der Waals surface area (Å²) in [4.78, 5) is 31.6. The number of hydrogen-bond acceptors (Lipinski definition) is 4. The number of Topliss-reactive ketones (excluding diaryl/α,β-unsaturated/α-hetero) is 1. The largest absolute Gasteiger partial charge is 0.361 e. The van der Waals surface area contributed by atoms with E-state index in [9.17, 15) is 9.59 Å². The summed E-state index contributed by atoms with van der Waals surface area (Å²) in [7, 11) is 0. The number of carbonyl (C=O) groups excluding carboxylic acids is 2. The van der Waals surface area contributed by atoms with Gasteiger partial charge in [-0.05, 0) is 48.9 Å². The summed E-state index contributed by atoms with van der Waals surface area (Å²) in [6.45, 7) is 7.06. The Labute approximate surface area is 200 Å². The zero-order valence-electron chi connectivity index (χ0n) is 20.1. The average Bonchev–Trinajstić information content (AvgIpc) is 3.15. The normalized spacial score (nSPS) is 19.3. The van der Waals surface area contributed by atoms with Gasteiger partial charge in [-0.25, -0.2) is 0 Å². The highest BCUT2D eigenvalue weighted by Crippen LogP contribution is 2.43. The van der Waals surface area contributed by atoms with E-state index in [1.165, 1.54) is 10.9 Å². The summed E-state index contributed by atoms with van der Waals surface area (Å²) in [5, 5.41) is 7.82. The number of carbonyl (C=O) groups is 2. The first-order valence-corrected chi connectivity index (χ1v) is 12.0. The lowest BCUT2D eigenvalue weighted by molar-refractivity contribution is -0.120. The minimum absolute atomic E-state index is 0.0471. The van der Waals surface area contributed by atoms with Crippen molar-refractivity contribution in [1.82, 2.24) is 10.3 Å². The minimum Gasteiger partial charge on any atom is -0.361 e. The van der Waals surface area contributed by atoms with E-state index in [1.807, 2.05) is 49.5 Å². The maximum Gasteiger partial charge on any atom is 0.239 e. The van der Waals surface area contributed by atoms with Crippen LogP contribution in [0.5, 0.6) is 0 Å². The molecule has 0 radical (unpaired) electrons. The number of ketones is 1. The summed E-state index contributed by atoms with van der Waals surface area (Å²) >= 11 is 0. The molecular formula is C28H32N4O2. The predicted octanol–water partition coefficient (Wildman–Crippen LogP) is 4.79. The van der Waals surface area contributed by atoms with Crippen molar-refractivity contribution >= 4 is 34.0 Å². The maximum atomic E-state index is 13.2. The van der Waals surface area contributed by atoms with Crippen LogP contribution in [0.15, 0.2) is 66.0 Å². The third-order valence-corrected chi connectivity index (χ3v) is 7.01. The van der Waals surface area contributed by atoms with Gasteiger partial charge >= 0.3 is 0 Å². The van der Waals surface area contributed by atoms with E-state index in [0.717, 1.165) is 41.0 Å². The molecule has 1 amide bonds. The van der Waals surface area contributed by atoms with Crippen LogP contribution in [0.25, 0.3) is 10.9 Å². The van der Waals surface area contributed by atoms with Gasteiger partial charge in [-0.3, -0.25) is 9.59 Å². The highest BCUT2D eigenvalue weighted by Gasteiger charge is 2.39. The lowest BCUT2D eigenvalue weighted by atomic mass is 9.74.